The number of cyclic esters (lactones) is 1. The Kier molecular flexibility index (Phi) is 5.53. The molecule has 1 aromatic rings. The van der Waals surface area contributed by atoms with E-state index in [2.05, 4.69) is 9.88 Å². The van der Waals surface area contributed by atoms with Gasteiger partial charge in [-0.05, 0) is 44.6 Å². The highest BCUT2D eigenvalue weighted by Gasteiger charge is 2.47. The maximum Gasteiger partial charge on any atom is 0.312 e. The standard InChI is InChI=1S/C26H31FN4O4/c27-18-3-4-21-19(15-18)22(29-8-5-26(6-9-29)7-14-35-25(26)34)20(16-28-21)24(33)31-12-10-30(11-13-31)23(32)17-1-2-17/h15-17H,1-14H2. The first-order valence-corrected chi connectivity index (χ1v) is 12.8. The molecule has 4 heterocycles. The predicted octanol–water partition coefficient (Wildman–Crippen LogP) is 2.57. The van der Waals surface area contributed by atoms with Gasteiger partial charge in [-0.15, -0.1) is 0 Å². The number of piperidine rings is 1. The van der Waals surface area contributed by atoms with Crippen LogP contribution in [0.5, 0.6) is 0 Å². The van der Waals surface area contributed by atoms with Gasteiger partial charge < -0.3 is 19.4 Å². The minimum atomic E-state index is -0.431. The van der Waals surface area contributed by atoms with Crippen molar-refractivity contribution in [3.63, 3.8) is 0 Å². The van der Waals surface area contributed by atoms with Gasteiger partial charge in [0.15, 0.2) is 0 Å². The van der Waals surface area contributed by atoms with E-state index in [-0.39, 0.29) is 29.5 Å². The first-order chi connectivity index (χ1) is 16.9. The van der Waals surface area contributed by atoms with Gasteiger partial charge in [-0.3, -0.25) is 19.4 Å². The van der Waals surface area contributed by atoms with E-state index in [0.29, 0.717) is 82.7 Å². The molecule has 0 aromatic carbocycles. The van der Waals surface area contributed by atoms with Gasteiger partial charge in [0.05, 0.1) is 29.0 Å². The van der Waals surface area contributed by atoms with E-state index in [1.54, 1.807) is 11.1 Å². The van der Waals surface area contributed by atoms with Gasteiger partial charge in [0, 0.05) is 63.4 Å². The molecule has 2 aliphatic carbocycles. The molecule has 3 saturated heterocycles. The van der Waals surface area contributed by atoms with Crippen molar-refractivity contribution >= 4 is 29.5 Å². The van der Waals surface area contributed by atoms with Crippen molar-refractivity contribution in [1.29, 1.82) is 0 Å². The summed E-state index contributed by atoms with van der Waals surface area (Å²) < 4.78 is 19.7. The molecule has 4 fully saturated rings. The topological polar surface area (TPSA) is 83.1 Å². The summed E-state index contributed by atoms with van der Waals surface area (Å²) >= 11 is 0. The number of amides is 2. The van der Waals surface area contributed by atoms with Gasteiger partial charge in [-0.1, -0.05) is 0 Å². The Labute approximate surface area is 204 Å². The fourth-order valence-corrected chi connectivity index (χ4v) is 5.97. The van der Waals surface area contributed by atoms with Crippen molar-refractivity contribution in [3.05, 3.63) is 28.8 Å². The highest BCUT2D eigenvalue weighted by molar-refractivity contribution is 6.02. The second-order valence-corrected chi connectivity index (χ2v) is 10.5. The van der Waals surface area contributed by atoms with Crippen LogP contribution in [0.1, 0.15) is 60.1 Å². The van der Waals surface area contributed by atoms with Crippen LogP contribution in [0.2, 0.25) is 0 Å². The Morgan fingerprint density at radius 1 is 1.00 bits per heavy atom. The Hall–Kier alpha value is -2.97. The van der Waals surface area contributed by atoms with E-state index in [0.717, 1.165) is 30.6 Å². The third-order valence-corrected chi connectivity index (χ3v) is 8.39. The molecule has 1 saturated carbocycles. The van der Waals surface area contributed by atoms with Crippen LogP contribution in [-0.4, -0.2) is 78.4 Å². The van der Waals surface area contributed by atoms with E-state index in [1.807, 2.05) is 4.90 Å². The number of hydrogen-bond donors (Lipinski definition) is 0. The van der Waals surface area contributed by atoms with Crippen LogP contribution in [0, 0.1) is 11.3 Å². The molecule has 8 nitrogen and oxygen atoms in total. The Morgan fingerprint density at radius 3 is 2.37 bits per heavy atom. The summed E-state index contributed by atoms with van der Waals surface area (Å²) in [5.74, 6) is -0.0646. The number of aromatic nitrogens is 1. The van der Waals surface area contributed by atoms with Crippen molar-refractivity contribution in [2.75, 3.05) is 50.8 Å². The first kappa shape index (κ1) is 22.5. The Morgan fingerprint density at radius 2 is 1.71 bits per heavy atom. The SMILES string of the molecule is O=C(c1cnc2c(c1N1CCC3(CCOC3=O)CC1)C=C(F)CC2)N1CCN(C(=O)C2CC2)CC1. The van der Waals surface area contributed by atoms with Crippen LogP contribution in [0.3, 0.4) is 0 Å². The number of rotatable bonds is 3. The molecule has 186 valence electrons. The molecule has 6 rings (SSSR count). The molecule has 9 heteroatoms. The van der Waals surface area contributed by atoms with Crippen molar-refractivity contribution in [3.8, 4) is 0 Å². The van der Waals surface area contributed by atoms with Crippen LogP contribution in [0.15, 0.2) is 12.0 Å². The van der Waals surface area contributed by atoms with Crippen LogP contribution >= 0.6 is 0 Å². The minimum Gasteiger partial charge on any atom is -0.465 e. The van der Waals surface area contributed by atoms with E-state index in [4.69, 9.17) is 4.74 Å². The van der Waals surface area contributed by atoms with Crippen LogP contribution in [-0.2, 0) is 20.7 Å². The summed E-state index contributed by atoms with van der Waals surface area (Å²) in [7, 11) is 0. The summed E-state index contributed by atoms with van der Waals surface area (Å²) in [6.07, 6.45) is 7.99. The van der Waals surface area contributed by atoms with Crippen LogP contribution in [0.25, 0.3) is 6.08 Å². The number of hydrogen-bond acceptors (Lipinski definition) is 6. The number of fused-ring (bicyclic) bond motifs is 1. The lowest BCUT2D eigenvalue weighted by molar-refractivity contribution is -0.147. The van der Waals surface area contributed by atoms with Gasteiger partial charge in [-0.2, -0.15) is 0 Å². The summed E-state index contributed by atoms with van der Waals surface area (Å²) in [4.78, 5) is 48.9. The van der Waals surface area contributed by atoms with Gasteiger partial charge in [0.2, 0.25) is 5.91 Å². The molecule has 2 amide bonds. The molecule has 0 atom stereocenters. The van der Waals surface area contributed by atoms with Crippen molar-refractivity contribution in [1.82, 2.24) is 14.8 Å². The zero-order valence-corrected chi connectivity index (χ0v) is 19.9. The third-order valence-electron chi connectivity index (χ3n) is 8.39. The average molecular weight is 483 g/mol. The van der Waals surface area contributed by atoms with E-state index in [1.165, 1.54) is 6.08 Å². The lowest BCUT2D eigenvalue weighted by Crippen LogP contribution is -2.51. The largest absolute Gasteiger partial charge is 0.465 e. The highest BCUT2D eigenvalue weighted by Crippen LogP contribution is 2.43. The van der Waals surface area contributed by atoms with Gasteiger partial charge in [0.25, 0.3) is 5.91 Å². The molecule has 0 N–H and O–H groups in total. The third kappa shape index (κ3) is 3.98. The molecular formula is C26H31FN4O4. The van der Waals surface area contributed by atoms with Gasteiger partial charge in [-0.25, -0.2) is 4.39 Å². The number of nitrogens with zero attached hydrogens (tertiary/aromatic N) is 4. The number of anilines is 1. The lowest BCUT2D eigenvalue weighted by atomic mass is 9.77. The van der Waals surface area contributed by atoms with Crippen LogP contribution < -0.4 is 4.90 Å². The molecule has 0 unspecified atom stereocenters. The van der Waals surface area contributed by atoms with E-state index < -0.39 is 5.41 Å². The second kappa shape index (κ2) is 8.60. The first-order valence-electron chi connectivity index (χ1n) is 12.8. The lowest BCUT2D eigenvalue weighted by Gasteiger charge is -2.40. The van der Waals surface area contributed by atoms with E-state index >= 15 is 0 Å². The molecule has 5 aliphatic rings. The number of piperazine rings is 1. The summed E-state index contributed by atoms with van der Waals surface area (Å²) in [6.45, 7) is 3.71. The number of carbonyl (C=O) groups is 3. The zero-order valence-electron chi connectivity index (χ0n) is 19.9. The number of allylic oxidation sites excluding steroid dienone is 1. The smallest absolute Gasteiger partial charge is 0.312 e. The number of pyridine rings is 1. The number of esters is 1. The average Bonchev–Trinajstić information content (AvgIpc) is 3.68. The molecule has 0 bridgehead atoms. The fourth-order valence-electron chi connectivity index (χ4n) is 5.97. The number of aryl methyl sites for hydroxylation is 1. The van der Waals surface area contributed by atoms with Gasteiger partial charge in [0.1, 0.15) is 5.83 Å². The molecular weight excluding hydrogens is 451 g/mol. The fraction of sp³-hybridized carbons (Fsp3) is 0.615. The molecule has 1 aromatic heterocycles. The number of carbonyl (C=O) groups excluding carboxylic acids is 3. The normalized spacial score (nSPS) is 23.7. The van der Waals surface area contributed by atoms with Crippen LogP contribution in [0.4, 0.5) is 10.1 Å². The summed E-state index contributed by atoms with van der Waals surface area (Å²) in [5.41, 5.74) is 2.26. The van der Waals surface area contributed by atoms with Crippen molar-refractivity contribution in [2.24, 2.45) is 11.3 Å². The monoisotopic (exact) mass is 482 g/mol. The maximum absolute atomic E-state index is 14.4. The van der Waals surface area contributed by atoms with E-state index in [9.17, 15) is 18.8 Å². The van der Waals surface area contributed by atoms with Gasteiger partial charge >= 0.3 is 5.97 Å². The van der Waals surface area contributed by atoms with Crippen molar-refractivity contribution in [2.45, 2.75) is 44.9 Å². The molecule has 1 spiro atoms. The molecule has 0 radical (unpaired) electrons. The molecule has 35 heavy (non-hydrogen) atoms. The number of ether oxygens (including phenoxy) is 1. The zero-order chi connectivity index (χ0) is 24.2. The Bertz CT molecular complexity index is 1100. The molecule has 3 aliphatic heterocycles. The number of halogens is 1. The minimum absolute atomic E-state index is 0.116. The highest BCUT2D eigenvalue weighted by atomic mass is 19.1. The Balaban J connectivity index is 1.27. The summed E-state index contributed by atoms with van der Waals surface area (Å²) in [5, 5.41) is 0. The maximum atomic E-state index is 14.4. The quantitative estimate of drug-likeness (QED) is 0.616. The predicted molar refractivity (Wildman–Crippen MR) is 126 cm³/mol. The van der Waals surface area contributed by atoms with Crippen molar-refractivity contribution < 1.29 is 23.5 Å². The summed E-state index contributed by atoms with van der Waals surface area (Å²) in [6, 6.07) is 0. The second-order valence-electron chi connectivity index (χ2n) is 10.5.